The summed E-state index contributed by atoms with van der Waals surface area (Å²) in [5.41, 5.74) is 4.64. The zero-order valence-corrected chi connectivity index (χ0v) is 30.7. The lowest BCUT2D eigenvalue weighted by atomic mass is 9.93. The van der Waals surface area contributed by atoms with Crippen LogP contribution in [0.4, 0.5) is 0 Å². The number of carbonyl (C=O) groups excluding carboxylic acids is 2. The topological polar surface area (TPSA) is 100 Å². The van der Waals surface area contributed by atoms with Gasteiger partial charge < -0.3 is 9.47 Å². The van der Waals surface area contributed by atoms with Gasteiger partial charge in [0.25, 0.3) is 0 Å². The molecule has 6 heteroatoms. The molecule has 0 spiro atoms. The van der Waals surface area contributed by atoms with Crippen molar-refractivity contribution in [1.29, 1.82) is 10.5 Å². The van der Waals surface area contributed by atoms with E-state index in [1.165, 1.54) is 0 Å². The maximum Gasteiger partial charge on any atom is 0.349 e. The van der Waals surface area contributed by atoms with Crippen molar-refractivity contribution in [1.82, 2.24) is 0 Å². The molecule has 0 aliphatic heterocycles. The summed E-state index contributed by atoms with van der Waals surface area (Å²) in [6.45, 7) is 7.10. The fraction of sp³-hybridized carbons (Fsp3) is 0.304. The van der Waals surface area contributed by atoms with Gasteiger partial charge in [-0.05, 0) is 41.0 Å². The van der Waals surface area contributed by atoms with Crippen LogP contribution in [0.3, 0.4) is 0 Å². The van der Waals surface area contributed by atoms with Gasteiger partial charge in [0.2, 0.25) is 0 Å². The number of hydrogen-bond donors (Lipinski definition) is 0. The second kappa shape index (κ2) is 23.6. The molecular weight excluding hydrogens is 645 g/mol. The summed E-state index contributed by atoms with van der Waals surface area (Å²) in [5.74, 6) is -0.761. The Bertz CT molecular complexity index is 1720. The van der Waals surface area contributed by atoms with Crippen molar-refractivity contribution in [3.8, 4) is 12.1 Å². The first-order chi connectivity index (χ1) is 25.5. The number of nitriles is 2. The van der Waals surface area contributed by atoms with Crippen molar-refractivity contribution in [3.63, 3.8) is 0 Å². The SMILES string of the molecule is CCCCC(CC)COC(=O)C(C#N)=C(c1ccccc1)c1ccccc1.CCCCCCOC(=O)C(C#N)=C(c1ccccc1)c1ccccc1. The minimum absolute atomic E-state index is 0.0490. The first-order valence-electron chi connectivity index (χ1n) is 18.3. The van der Waals surface area contributed by atoms with Crippen LogP contribution in [-0.2, 0) is 19.1 Å². The second-order valence-electron chi connectivity index (χ2n) is 12.4. The molecule has 4 rings (SSSR count). The maximum absolute atomic E-state index is 12.8. The molecule has 0 saturated carbocycles. The van der Waals surface area contributed by atoms with E-state index in [1.807, 2.05) is 121 Å². The second-order valence-corrected chi connectivity index (χ2v) is 12.4. The summed E-state index contributed by atoms with van der Waals surface area (Å²) < 4.78 is 10.9. The van der Waals surface area contributed by atoms with Gasteiger partial charge in [0.1, 0.15) is 23.3 Å². The van der Waals surface area contributed by atoms with Gasteiger partial charge >= 0.3 is 11.9 Å². The minimum atomic E-state index is -0.554. The van der Waals surface area contributed by atoms with Crippen LogP contribution < -0.4 is 0 Å². The molecule has 0 bridgehead atoms. The van der Waals surface area contributed by atoms with Gasteiger partial charge in [-0.15, -0.1) is 0 Å². The molecule has 268 valence electrons. The molecule has 6 nitrogen and oxygen atoms in total. The fourth-order valence-corrected chi connectivity index (χ4v) is 5.67. The molecule has 4 aromatic rings. The van der Waals surface area contributed by atoms with Crippen LogP contribution in [0.5, 0.6) is 0 Å². The van der Waals surface area contributed by atoms with Crippen LogP contribution in [0.15, 0.2) is 132 Å². The highest BCUT2D eigenvalue weighted by Crippen LogP contribution is 2.29. The molecule has 0 aromatic heterocycles. The zero-order valence-electron chi connectivity index (χ0n) is 30.7. The monoisotopic (exact) mass is 694 g/mol. The Balaban J connectivity index is 0.000000281. The van der Waals surface area contributed by atoms with Crippen LogP contribution >= 0.6 is 0 Å². The van der Waals surface area contributed by atoms with E-state index >= 15 is 0 Å². The van der Waals surface area contributed by atoms with E-state index in [0.29, 0.717) is 30.3 Å². The van der Waals surface area contributed by atoms with Crippen molar-refractivity contribution < 1.29 is 19.1 Å². The molecular formula is C46H50N2O4. The van der Waals surface area contributed by atoms with Gasteiger partial charge in [-0.1, -0.05) is 181 Å². The highest BCUT2D eigenvalue weighted by molar-refractivity contribution is 6.06. The number of hydrogen-bond acceptors (Lipinski definition) is 6. The number of esters is 2. The quantitative estimate of drug-likeness (QED) is 0.0472. The molecule has 52 heavy (non-hydrogen) atoms. The molecule has 4 aromatic carbocycles. The van der Waals surface area contributed by atoms with E-state index in [9.17, 15) is 20.1 Å². The summed E-state index contributed by atoms with van der Waals surface area (Å²) in [4.78, 5) is 25.2. The zero-order chi connectivity index (χ0) is 37.4. The highest BCUT2D eigenvalue weighted by atomic mass is 16.5. The van der Waals surface area contributed by atoms with E-state index in [2.05, 4.69) is 32.9 Å². The summed E-state index contributed by atoms with van der Waals surface area (Å²) in [6.07, 6.45) is 8.35. The Morgan fingerprint density at radius 2 is 0.923 bits per heavy atom. The summed E-state index contributed by atoms with van der Waals surface area (Å²) >= 11 is 0. The third kappa shape index (κ3) is 12.9. The number of benzene rings is 4. The molecule has 1 atom stereocenters. The van der Waals surface area contributed by atoms with Crippen LogP contribution in [0, 0.1) is 28.6 Å². The molecule has 0 fully saturated rings. The minimum Gasteiger partial charge on any atom is -0.462 e. The van der Waals surface area contributed by atoms with Gasteiger partial charge in [-0.2, -0.15) is 10.5 Å². The van der Waals surface area contributed by atoms with Gasteiger partial charge in [-0.25, -0.2) is 9.59 Å². The fourth-order valence-electron chi connectivity index (χ4n) is 5.67. The van der Waals surface area contributed by atoms with E-state index < -0.39 is 11.9 Å². The molecule has 0 heterocycles. The van der Waals surface area contributed by atoms with Crippen LogP contribution in [-0.4, -0.2) is 25.2 Å². The van der Waals surface area contributed by atoms with Crippen LogP contribution in [0.1, 0.15) is 94.4 Å². The van der Waals surface area contributed by atoms with Gasteiger partial charge in [0.15, 0.2) is 0 Å². The Morgan fingerprint density at radius 3 is 1.27 bits per heavy atom. The standard InChI is InChI=1S/C24H27NO2.C22H23NO2/c1-3-5-12-19(4-2)18-27-24(26)22(17-25)23(20-13-8-6-9-14-20)21-15-10-7-11-16-21;1-2-3-4-11-16-25-22(24)20(17-23)21(18-12-7-5-8-13-18)19-14-9-6-10-15-19/h6-11,13-16,19H,3-5,12,18H2,1-2H3;5-10,12-15H,2-4,11,16H2,1H3. The number of nitrogens with zero attached hydrogens (tertiary/aromatic N) is 2. The normalized spacial score (nSPS) is 10.6. The van der Waals surface area contributed by atoms with Crippen molar-refractivity contribution in [3.05, 3.63) is 155 Å². The molecule has 0 aliphatic rings. The van der Waals surface area contributed by atoms with E-state index in [4.69, 9.17) is 9.47 Å². The number of carbonyl (C=O) groups is 2. The third-order valence-corrected chi connectivity index (χ3v) is 8.61. The molecule has 0 aliphatic carbocycles. The lowest BCUT2D eigenvalue weighted by molar-refractivity contribution is -0.140. The molecule has 1 unspecified atom stereocenters. The lowest BCUT2D eigenvalue weighted by Crippen LogP contribution is -2.16. The van der Waals surface area contributed by atoms with Gasteiger partial charge in [0, 0.05) is 11.1 Å². The molecule has 0 saturated heterocycles. The van der Waals surface area contributed by atoms with Crippen molar-refractivity contribution >= 4 is 23.1 Å². The summed E-state index contributed by atoms with van der Waals surface area (Å²) in [5, 5.41) is 19.4. The first kappa shape index (κ1) is 40.7. The Morgan fingerprint density at radius 1 is 0.538 bits per heavy atom. The van der Waals surface area contributed by atoms with Crippen molar-refractivity contribution in [2.45, 2.75) is 72.1 Å². The first-order valence-corrected chi connectivity index (χ1v) is 18.3. The number of unbranched alkanes of at least 4 members (excludes halogenated alkanes) is 4. The smallest absolute Gasteiger partial charge is 0.349 e. The Labute approximate surface area is 310 Å². The van der Waals surface area contributed by atoms with Gasteiger partial charge in [-0.3, -0.25) is 0 Å². The maximum atomic E-state index is 12.8. The van der Waals surface area contributed by atoms with Crippen molar-refractivity contribution in [2.75, 3.05) is 13.2 Å². The highest BCUT2D eigenvalue weighted by Gasteiger charge is 2.22. The van der Waals surface area contributed by atoms with E-state index in [-0.39, 0.29) is 11.1 Å². The van der Waals surface area contributed by atoms with Gasteiger partial charge in [0.05, 0.1) is 13.2 Å². The Hall–Kier alpha value is -5.72. The average molecular weight is 695 g/mol. The van der Waals surface area contributed by atoms with Crippen LogP contribution in [0.2, 0.25) is 0 Å². The summed E-state index contributed by atoms with van der Waals surface area (Å²) in [6, 6.07) is 42.2. The average Bonchev–Trinajstić information content (AvgIpc) is 3.20. The number of rotatable bonds is 17. The third-order valence-electron chi connectivity index (χ3n) is 8.61. The predicted molar refractivity (Wildman–Crippen MR) is 208 cm³/mol. The Kier molecular flexibility index (Phi) is 18.5. The lowest BCUT2D eigenvalue weighted by Gasteiger charge is -2.16. The molecule has 0 N–H and O–H groups in total. The molecule has 0 amide bonds. The largest absolute Gasteiger partial charge is 0.462 e. The van der Waals surface area contributed by atoms with Crippen LogP contribution in [0.25, 0.3) is 11.1 Å². The predicted octanol–water partition coefficient (Wildman–Crippen LogP) is 10.9. The van der Waals surface area contributed by atoms with E-state index in [1.54, 1.807) is 0 Å². The number of ether oxygens (including phenoxy) is 2. The van der Waals surface area contributed by atoms with E-state index in [0.717, 1.165) is 73.6 Å². The van der Waals surface area contributed by atoms with Crippen molar-refractivity contribution in [2.24, 2.45) is 5.92 Å². The molecule has 0 radical (unpaired) electrons. The summed E-state index contributed by atoms with van der Waals surface area (Å²) in [7, 11) is 0.